The molecule has 0 bridgehead atoms. The summed E-state index contributed by atoms with van der Waals surface area (Å²) in [4.78, 5) is 40.3. The van der Waals surface area contributed by atoms with E-state index in [1.807, 2.05) is 0 Å². The Morgan fingerprint density at radius 2 is 1.68 bits per heavy atom. The maximum absolute atomic E-state index is 13.1. The van der Waals surface area contributed by atoms with Crippen LogP contribution in [0.4, 0.5) is 10.1 Å². The molecule has 6 heteroatoms. The highest BCUT2D eigenvalue weighted by Gasteiger charge is 2.45. The first-order valence-corrected chi connectivity index (χ1v) is 8.90. The zero-order valence-corrected chi connectivity index (χ0v) is 14.4. The van der Waals surface area contributed by atoms with E-state index in [0.717, 1.165) is 43.4 Å². The smallest absolute Gasteiger partial charge is 0.257 e. The molecule has 1 aliphatic heterocycles. The van der Waals surface area contributed by atoms with Gasteiger partial charge in [0.05, 0.1) is 12.1 Å². The standard InChI is InChI=1S/C19H23FN2O3/c1-13(23)21(15-6-4-2-3-5-7-15)17-12-18(24)22(19(17)25)16-10-8-14(20)9-11-16/h8-11,15,17H,2-7,12H2,1H3. The van der Waals surface area contributed by atoms with Gasteiger partial charge in [-0.25, -0.2) is 9.29 Å². The molecule has 5 nitrogen and oxygen atoms in total. The van der Waals surface area contributed by atoms with Crippen molar-refractivity contribution in [2.75, 3.05) is 4.90 Å². The minimum Gasteiger partial charge on any atom is -0.327 e. The zero-order chi connectivity index (χ0) is 18.0. The third-order valence-electron chi connectivity index (χ3n) is 5.13. The Hall–Kier alpha value is -2.24. The number of hydrogen-bond donors (Lipinski definition) is 0. The number of anilines is 1. The highest BCUT2D eigenvalue weighted by Crippen LogP contribution is 2.30. The van der Waals surface area contributed by atoms with Crippen LogP contribution in [0.5, 0.6) is 0 Å². The molecule has 0 aromatic heterocycles. The molecule has 0 spiro atoms. The summed E-state index contributed by atoms with van der Waals surface area (Å²) in [6.45, 7) is 1.46. The SMILES string of the molecule is CC(=O)N(C1CCCCCC1)C1CC(=O)N(c2ccc(F)cc2)C1=O. The third kappa shape index (κ3) is 3.57. The van der Waals surface area contributed by atoms with Crippen LogP contribution < -0.4 is 4.90 Å². The van der Waals surface area contributed by atoms with E-state index in [2.05, 4.69) is 0 Å². The van der Waals surface area contributed by atoms with Gasteiger partial charge in [-0.15, -0.1) is 0 Å². The average molecular weight is 346 g/mol. The summed E-state index contributed by atoms with van der Waals surface area (Å²) in [6, 6.07) is 4.52. The quantitative estimate of drug-likeness (QED) is 0.624. The number of imide groups is 1. The lowest BCUT2D eigenvalue weighted by atomic mass is 10.0. The molecule has 3 amide bonds. The fourth-order valence-electron chi connectivity index (χ4n) is 3.96. The first kappa shape index (κ1) is 17.6. The molecule has 1 saturated carbocycles. The fraction of sp³-hybridized carbons (Fsp3) is 0.526. The van der Waals surface area contributed by atoms with Crippen molar-refractivity contribution in [3.8, 4) is 0 Å². The summed E-state index contributed by atoms with van der Waals surface area (Å²) in [6.07, 6.45) is 6.08. The van der Waals surface area contributed by atoms with E-state index in [4.69, 9.17) is 0 Å². The van der Waals surface area contributed by atoms with Crippen LogP contribution in [-0.4, -0.2) is 34.7 Å². The molecule has 2 aliphatic rings. The number of rotatable bonds is 3. The highest BCUT2D eigenvalue weighted by molar-refractivity contribution is 6.23. The van der Waals surface area contributed by atoms with Gasteiger partial charge in [0.25, 0.3) is 5.91 Å². The van der Waals surface area contributed by atoms with Crippen molar-refractivity contribution in [1.29, 1.82) is 0 Å². The van der Waals surface area contributed by atoms with Crippen LogP contribution in [0.1, 0.15) is 51.9 Å². The van der Waals surface area contributed by atoms with Gasteiger partial charge in [0.15, 0.2) is 0 Å². The van der Waals surface area contributed by atoms with Crippen molar-refractivity contribution in [1.82, 2.24) is 4.90 Å². The number of carbonyl (C=O) groups excluding carboxylic acids is 3. The van der Waals surface area contributed by atoms with E-state index < -0.39 is 17.8 Å². The van der Waals surface area contributed by atoms with Gasteiger partial charge < -0.3 is 4.90 Å². The Labute approximate surface area is 146 Å². The number of benzene rings is 1. The van der Waals surface area contributed by atoms with Crippen LogP contribution >= 0.6 is 0 Å². The van der Waals surface area contributed by atoms with Gasteiger partial charge in [0.2, 0.25) is 11.8 Å². The van der Waals surface area contributed by atoms with Crippen LogP contribution in [-0.2, 0) is 14.4 Å². The molecule has 1 aliphatic carbocycles. The lowest BCUT2D eigenvalue weighted by molar-refractivity contribution is -0.139. The molecule has 0 N–H and O–H groups in total. The molecule has 1 unspecified atom stereocenters. The molecular formula is C19H23FN2O3. The van der Waals surface area contributed by atoms with Crippen LogP contribution in [0.15, 0.2) is 24.3 Å². The molecule has 3 rings (SSSR count). The molecule has 1 aromatic rings. The molecule has 1 saturated heterocycles. The number of hydrogen-bond acceptors (Lipinski definition) is 3. The zero-order valence-electron chi connectivity index (χ0n) is 14.4. The van der Waals surface area contributed by atoms with E-state index >= 15 is 0 Å². The largest absolute Gasteiger partial charge is 0.327 e. The molecular weight excluding hydrogens is 323 g/mol. The highest BCUT2D eigenvalue weighted by atomic mass is 19.1. The van der Waals surface area contributed by atoms with Crippen molar-refractivity contribution < 1.29 is 18.8 Å². The van der Waals surface area contributed by atoms with Gasteiger partial charge in [0.1, 0.15) is 11.9 Å². The average Bonchev–Trinajstić information content (AvgIpc) is 2.76. The van der Waals surface area contributed by atoms with Crippen molar-refractivity contribution in [3.05, 3.63) is 30.1 Å². The van der Waals surface area contributed by atoms with Crippen LogP contribution in [0, 0.1) is 5.82 Å². The third-order valence-corrected chi connectivity index (χ3v) is 5.13. The van der Waals surface area contributed by atoms with Gasteiger partial charge >= 0.3 is 0 Å². The lowest BCUT2D eigenvalue weighted by Crippen LogP contribution is -2.49. The summed E-state index contributed by atoms with van der Waals surface area (Å²) in [5.74, 6) is -1.33. The number of halogens is 1. The summed E-state index contributed by atoms with van der Waals surface area (Å²) in [7, 11) is 0. The number of nitrogens with zero attached hydrogens (tertiary/aromatic N) is 2. The van der Waals surface area contributed by atoms with Gasteiger partial charge in [-0.1, -0.05) is 25.7 Å². The van der Waals surface area contributed by atoms with Crippen LogP contribution in [0.25, 0.3) is 0 Å². The van der Waals surface area contributed by atoms with Crippen molar-refractivity contribution >= 4 is 23.4 Å². The Morgan fingerprint density at radius 1 is 1.08 bits per heavy atom. The summed E-state index contributed by atoms with van der Waals surface area (Å²) >= 11 is 0. The van der Waals surface area contributed by atoms with Crippen LogP contribution in [0.3, 0.4) is 0 Å². The second-order valence-electron chi connectivity index (χ2n) is 6.84. The predicted molar refractivity (Wildman–Crippen MR) is 91.3 cm³/mol. The van der Waals surface area contributed by atoms with Crippen molar-refractivity contribution in [2.24, 2.45) is 0 Å². The number of amides is 3. The number of carbonyl (C=O) groups is 3. The second kappa shape index (κ2) is 7.33. The molecule has 1 aromatic carbocycles. The Bertz CT molecular complexity index is 666. The first-order valence-electron chi connectivity index (χ1n) is 8.90. The Balaban J connectivity index is 1.85. The van der Waals surface area contributed by atoms with Crippen LogP contribution in [0.2, 0.25) is 0 Å². The molecule has 134 valence electrons. The second-order valence-corrected chi connectivity index (χ2v) is 6.84. The molecule has 0 radical (unpaired) electrons. The Morgan fingerprint density at radius 3 is 2.24 bits per heavy atom. The van der Waals surface area contributed by atoms with Gasteiger partial charge in [-0.3, -0.25) is 14.4 Å². The lowest BCUT2D eigenvalue weighted by Gasteiger charge is -2.34. The molecule has 2 fully saturated rings. The minimum absolute atomic E-state index is 0.00765. The topological polar surface area (TPSA) is 57.7 Å². The fourth-order valence-corrected chi connectivity index (χ4v) is 3.96. The van der Waals surface area contributed by atoms with E-state index in [1.54, 1.807) is 4.90 Å². The van der Waals surface area contributed by atoms with E-state index in [-0.39, 0.29) is 24.3 Å². The normalized spacial score (nSPS) is 22.2. The van der Waals surface area contributed by atoms with Gasteiger partial charge in [-0.05, 0) is 37.1 Å². The monoisotopic (exact) mass is 346 g/mol. The van der Waals surface area contributed by atoms with Crippen molar-refractivity contribution in [3.63, 3.8) is 0 Å². The van der Waals surface area contributed by atoms with E-state index in [0.29, 0.717) is 5.69 Å². The molecule has 1 heterocycles. The van der Waals surface area contributed by atoms with Gasteiger partial charge in [0, 0.05) is 13.0 Å². The predicted octanol–water partition coefficient (Wildman–Crippen LogP) is 3.03. The van der Waals surface area contributed by atoms with Crippen molar-refractivity contribution in [2.45, 2.75) is 64.0 Å². The minimum atomic E-state index is -0.752. The van der Waals surface area contributed by atoms with E-state index in [1.165, 1.54) is 31.2 Å². The Kier molecular flexibility index (Phi) is 5.16. The summed E-state index contributed by atoms with van der Waals surface area (Å²) in [5.41, 5.74) is 0.350. The summed E-state index contributed by atoms with van der Waals surface area (Å²) in [5, 5.41) is 0. The molecule has 25 heavy (non-hydrogen) atoms. The molecule has 1 atom stereocenters. The first-order chi connectivity index (χ1) is 12.0. The van der Waals surface area contributed by atoms with Gasteiger partial charge in [-0.2, -0.15) is 0 Å². The van der Waals surface area contributed by atoms with E-state index in [9.17, 15) is 18.8 Å². The maximum atomic E-state index is 13.1. The summed E-state index contributed by atoms with van der Waals surface area (Å²) < 4.78 is 13.1. The maximum Gasteiger partial charge on any atom is 0.257 e.